The molecule has 1 fully saturated rings. The summed E-state index contributed by atoms with van der Waals surface area (Å²) in [7, 11) is 0. The van der Waals surface area contributed by atoms with Gasteiger partial charge in [0.15, 0.2) is 0 Å². The second kappa shape index (κ2) is 6.58. The highest BCUT2D eigenvalue weighted by Crippen LogP contribution is 2.26. The van der Waals surface area contributed by atoms with Gasteiger partial charge in [0.1, 0.15) is 11.5 Å². The third-order valence-electron chi connectivity index (χ3n) is 4.35. The van der Waals surface area contributed by atoms with E-state index in [2.05, 4.69) is 37.1 Å². The van der Waals surface area contributed by atoms with Gasteiger partial charge < -0.3 is 9.73 Å². The number of aryl methyl sites for hydroxylation is 2. The van der Waals surface area contributed by atoms with E-state index in [0.717, 1.165) is 24.6 Å². The summed E-state index contributed by atoms with van der Waals surface area (Å²) in [4.78, 5) is 2.56. The Morgan fingerprint density at radius 2 is 2.21 bits per heavy atom. The molecule has 1 saturated heterocycles. The Kier molecular flexibility index (Phi) is 5.06. The maximum Gasteiger partial charge on any atom is 0.105 e. The molecule has 19 heavy (non-hydrogen) atoms. The minimum absolute atomic E-state index is 0.436. The van der Waals surface area contributed by atoms with Crippen molar-refractivity contribution in [1.29, 1.82) is 0 Å². The quantitative estimate of drug-likeness (QED) is 0.883. The van der Waals surface area contributed by atoms with Crippen LogP contribution < -0.4 is 5.32 Å². The molecule has 0 amide bonds. The largest absolute Gasteiger partial charge is 0.466 e. The Balaban J connectivity index is 2.01. The van der Waals surface area contributed by atoms with Crippen LogP contribution in [-0.2, 0) is 0 Å². The van der Waals surface area contributed by atoms with Crippen LogP contribution in [0.1, 0.15) is 56.2 Å². The average Bonchev–Trinajstić information content (AvgIpc) is 2.75. The summed E-state index contributed by atoms with van der Waals surface area (Å²) in [5.74, 6) is 2.09. The van der Waals surface area contributed by atoms with Gasteiger partial charge in [-0.25, -0.2) is 0 Å². The number of nitrogens with zero attached hydrogens (tertiary/aromatic N) is 1. The maximum atomic E-state index is 5.68. The van der Waals surface area contributed by atoms with E-state index in [1.165, 1.54) is 31.4 Å². The molecule has 0 aromatic carbocycles. The molecule has 0 aliphatic carbocycles. The van der Waals surface area contributed by atoms with Crippen molar-refractivity contribution in [2.24, 2.45) is 0 Å². The summed E-state index contributed by atoms with van der Waals surface area (Å²) in [5.41, 5.74) is 1.34. The predicted octanol–water partition coefficient (Wildman–Crippen LogP) is 3.42. The highest BCUT2D eigenvalue weighted by molar-refractivity contribution is 5.23. The first-order valence-electron chi connectivity index (χ1n) is 7.66. The normalized spacial score (nSPS) is 21.8. The van der Waals surface area contributed by atoms with E-state index in [1.807, 2.05) is 6.92 Å². The first kappa shape index (κ1) is 14.6. The maximum absolute atomic E-state index is 5.68. The molecule has 108 valence electrons. The molecule has 0 bridgehead atoms. The summed E-state index contributed by atoms with van der Waals surface area (Å²) < 4.78 is 5.68. The number of nitrogens with one attached hydrogen (secondary N) is 1. The van der Waals surface area contributed by atoms with E-state index in [9.17, 15) is 0 Å². The topological polar surface area (TPSA) is 28.4 Å². The average molecular weight is 264 g/mol. The third kappa shape index (κ3) is 3.61. The highest BCUT2D eigenvalue weighted by atomic mass is 16.3. The zero-order valence-corrected chi connectivity index (χ0v) is 12.8. The summed E-state index contributed by atoms with van der Waals surface area (Å²) in [6, 6.07) is 3.28. The molecule has 2 atom stereocenters. The van der Waals surface area contributed by atoms with Crippen LogP contribution in [0.3, 0.4) is 0 Å². The lowest BCUT2D eigenvalue weighted by Gasteiger charge is -2.33. The highest BCUT2D eigenvalue weighted by Gasteiger charge is 2.22. The molecule has 1 aromatic heterocycles. The molecule has 2 heterocycles. The van der Waals surface area contributed by atoms with Crippen molar-refractivity contribution in [2.45, 2.75) is 59.0 Å². The zero-order chi connectivity index (χ0) is 13.8. The van der Waals surface area contributed by atoms with Gasteiger partial charge in [0.2, 0.25) is 0 Å². The fraction of sp³-hybridized carbons (Fsp3) is 0.750. The van der Waals surface area contributed by atoms with Gasteiger partial charge >= 0.3 is 0 Å². The minimum atomic E-state index is 0.436. The Hall–Kier alpha value is -0.800. The van der Waals surface area contributed by atoms with Crippen molar-refractivity contribution < 1.29 is 4.42 Å². The smallest absolute Gasteiger partial charge is 0.105 e. The lowest BCUT2D eigenvalue weighted by atomic mass is 10.0. The van der Waals surface area contributed by atoms with Crippen LogP contribution in [0, 0.1) is 13.8 Å². The third-order valence-corrected chi connectivity index (χ3v) is 4.35. The SMILES string of the molecule is CCN(CC1CCCCN1)C(C)c1cc(C)oc1C. The number of hydrogen-bond donors (Lipinski definition) is 1. The Morgan fingerprint density at radius 1 is 1.42 bits per heavy atom. The van der Waals surface area contributed by atoms with E-state index in [0.29, 0.717) is 12.1 Å². The van der Waals surface area contributed by atoms with Gasteiger partial charge in [-0.3, -0.25) is 4.90 Å². The molecule has 1 N–H and O–H groups in total. The summed E-state index contributed by atoms with van der Waals surface area (Å²) in [5, 5.41) is 3.64. The van der Waals surface area contributed by atoms with Crippen molar-refractivity contribution in [3.05, 3.63) is 23.2 Å². The molecule has 2 unspecified atom stereocenters. The molecular weight excluding hydrogens is 236 g/mol. The van der Waals surface area contributed by atoms with Crippen LogP contribution >= 0.6 is 0 Å². The van der Waals surface area contributed by atoms with Gasteiger partial charge in [-0.15, -0.1) is 0 Å². The Labute approximate surface area is 117 Å². The van der Waals surface area contributed by atoms with Crippen molar-refractivity contribution in [1.82, 2.24) is 10.2 Å². The van der Waals surface area contributed by atoms with Gasteiger partial charge in [0.25, 0.3) is 0 Å². The molecule has 0 spiro atoms. The molecular formula is C16H28N2O. The second-order valence-electron chi connectivity index (χ2n) is 5.78. The van der Waals surface area contributed by atoms with Crippen molar-refractivity contribution in [2.75, 3.05) is 19.6 Å². The number of piperidine rings is 1. The van der Waals surface area contributed by atoms with Crippen molar-refractivity contribution >= 4 is 0 Å². The van der Waals surface area contributed by atoms with Gasteiger partial charge in [0.05, 0.1) is 0 Å². The van der Waals surface area contributed by atoms with E-state index in [1.54, 1.807) is 0 Å². The molecule has 3 nitrogen and oxygen atoms in total. The molecule has 0 radical (unpaired) electrons. The lowest BCUT2D eigenvalue weighted by Crippen LogP contribution is -2.44. The standard InChI is InChI=1S/C16H28N2O/c1-5-18(11-15-8-6-7-9-17-15)13(3)16-10-12(2)19-14(16)4/h10,13,15,17H,5-9,11H2,1-4H3. The zero-order valence-electron chi connectivity index (χ0n) is 12.8. The van der Waals surface area contributed by atoms with Crippen molar-refractivity contribution in [3.8, 4) is 0 Å². The van der Waals surface area contributed by atoms with Gasteiger partial charge in [-0.2, -0.15) is 0 Å². The number of hydrogen-bond acceptors (Lipinski definition) is 3. The number of furan rings is 1. The number of rotatable bonds is 5. The van der Waals surface area contributed by atoms with Gasteiger partial charge in [-0.05, 0) is 52.8 Å². The first-order valence-corrected chi connectivity index (χ1v) is 7.66. The van der Waals surface area contributed by atoms with Crippen LogP contribution in [0.5, 0.6) is 0 Å². The second-order valence-corrected chi connectivity index (χ2v) is 5.78. The first-order chi connectivity index (χ1) is 9.11. The minimum Gasteiger partial charge on any atom is -0.466 e. The van der Waals surface area contributed by atoms with E-state index in [4.69, 9.17) is 4.42 Å². The summed E-state index contributed by atoms with van der Waals surface area (Å²) in [6.07, 6.45) is 4.01. The molecule has 1 aliphatic heterocycles. The Bertz CT molecular complexity index is 393. The molecule has 3 heteroatoms. The van der Waals surface area contributed by atoms with Crippen LogP contribution in [0.2, 0.25) is 0 Å². The molecule has 2 rings (SSSR count). The fourth-order valence-electron chi connectivity index (χ4n) is 3.19. The van der Waals surface area contributed by atoms with Gasteiger partial charge in [-0.1, -0.05) is 13.3 Å². The lowest BCUT2D eigenvalue weighted by molar-refractivity contribution is 0.183. The fourth-order valence-corrected chi connectivity index (χ4v) is 3.19. The van der Waals surface area contributed by atoms with Crippen molar-refractivity contribution in [3.63, 3.8) is 0 Å². The monoisotopic (exact) mass is 264 g/mol. The molecule has 1 aliphatic rings. The van der Waals surface area contributed by atoms with Crippen LogP contribution in [0.25, 0.3) is 0 Å². The summed E-state index contributed by atoms with van der Waals surface area (Å²) >= 11 is 0. The van der Waals surface area contributed by atoms with Crippen LogP contribution in [-0.4, -0.2) is 30.6 Å². The van der Waals surface area contributed by atoms with E-state index in [-0.39, 0.29) is 0 Å². The van der Waals surface area contributed by atoms with E-state index >= 15 is 0 Å². The predicted molar refractivity (Wildman–Crippen MR) is 79.5 cm³/mol. The molecule has 0 saturated carbocycles. The van der Waals surface area contributed by atoms with Crippen LogP contribution in [0.15, 0.2) is 10.5 Å². The summed E-state index contributed by atoms with van der Waals surface area (Å²) in [6.45, 7) is 12.1. The van der Waals surface area contributed by atoms with Gasteiger partial charge in [0, 0.05) is 24.2 Å². The van der Waals surface area contributed by atoms with E-state index < -0.39 is 0 Å². The van der Waals surface area contributed by atoms with Crippen LogP contribution in [0.4, 0.5) is 0 Å². The Morgan fingerprint density at radius 3 is 2.74 bits per heavy atom. The number of likely N-dealkylation sites (N-methyl/N-ethyl adjacent to an activating group) is 1. The molecule has 1 aromatic rings.